The number of esters is 2. The molecule has 0 atom stereocenters. The van der Waals surface area contributed by atoms with Crippen LogP contribution in [0.5, 0.6) is 0 Å². The summed E-state index contributed by atoms with van der Waals surface area (Å²) in [4.78, 5) is 37.0. The molecule has 1 aromatic carbocycles. The standard InChI is InChI=1S/C19H21NO7S2/c1-4-26-18(22)15-12(3)16(19(23)27-5-2)28-17(15)20-14(21)11-29(24,25)13-9-7-6-8-10-13/h6-10H,4-5,11H2,1-3H3,(H,20,21). The zero-order valence-electron chi connectivity index (χ0n) is 16.2. The van der Waals surface area contributed by atoms with Crippen LogP contribution in [-0.4, -0.2) is 45.2 Å². The van der Waals surface area contributed by atoms with Gasteiger partial charge in [-0.2, -0.15) is 0 Å². The summed E-state index contributed by atoms with van der Waals surface area (Å²) in [6.07, 6.45) is 0. The van der Waals surface area contributed by atoms with E-state index in [0.717, 1.165) is 11.3 Å². The first kappa shape index (κ1) is 22.6. The van der Waals surface area contributed by atoms with Gasteiger partial charge in [-0.25, -0.2) is 18.0 Å². The van der Waals surface area contributed by atoms with E-state index < -0.39 is 33.4 Å². The van der Waals surface area contributed by atoms with Crippen LogP contribution >= 0.6 is 11.3 Å². The molecule has 2 aromatic rings. The second-order valence-corrected chi connectivity index (χ2v) is 8.83. The Balaban J connectivity index is 2.33. The average Bonchev–Trinajstić information content (AvgIpc) is 2.98. The molecule has 156 valence electrons. The quantitative estimate of drug-likeness (QED) is 0.629. The van der Waals surface area contributed by atoms with Crippen LogP contribution in [0.15, 0.2) is 35.2 Å². The van der Waals surface area contributed by atoms with Gasteiger partial charge in [-0.1, -0.05) is 18.2 Å². The van der Waals surface area contributed by atoms with Gasteiger partial charge in [0.1, 0.15) is 15.6 Å². The molecule has 0 unspecified atom stereocenters. The monoisotopic (exact) mass is 439 g/mol. The summed E-state index contributed by atoms with van der Waals surface area (Å²) < 4.78 is 34.8. The highest BCUT2D eigenvalue weighted by molar-refractivity contribution is 7.92. The summed E-state index contributed by atoms with van der Waals surface area (Å²) in [6, 6.07) is 7.55. The van der Waals surface area contributed by atoms with E-state index in [1.54, 1.807) is 32.0 Å². The number of amides is 1. The van der Waals surface area contributed by atoms with Gasteiger partial charge >= 0.3 is 11.9 Å². The zero-order chi connectivity index (χ0) is 21.6. The highest BCUT2D eigenvalue weighted by Gasteiger charge is 2.28. The summed E-state index contributed by atoms with van der Waals surface area (Å²) >= 11 is 0.836. The van der Waals surface area contributed by atoms with Crippen LogP contribution in [0.25, 0.3) is 0 Å². The lowest BCUT2D eigenvalue weighted by Crippen LogP contribution is -2.23. The largest absolute Gasteiger partial charge is 0.462 e. The van der Waals surface area contributed by atoms with Crippen molar-refractivity contribution in [1.82, 2.24) is 0 Å². The van der Waals surface area contributed by atoms with Crippen molar-refractivity contribution in [3.63, 3.8) is 0 Å². The van der Waals surface area contributed by atoms with Crippen molar-refractivity contribution in [2.75, 3.05) is 24.3 Å². The zero-order valence-corrected chi connectivity index (χ0v) is 17.8. The molecule has 1 amide bonds. The smallest absolute Gasteiger partial charge is 0.348 e. The van der Waals surface area contributed by atoms with E-state index in [2.05, 4.69) is 5.32 Å². The second kappa shape index (κ2) is 9.66. The Labute approximate surface area is 172 Å². The van der Waals surface area contributed by atoms with E-state index >= 15 is 0 Å². The number of thiophene rings is 1. The van der Waals surface area contributed by atoms with E-state index in [-0.39, 0.29) is 33.6 Å². The molecule has 0 spiro atoms. The molecule has 8 nitrogen and oxygen atoms in total. The number of anilines is 1. The van der Waals surface area contributed by atoms with Crippen LogP contribution in [0.3, 0.4) is 0 Å². The fourth-order valence-electron chi connectivity index (χ4n) is 2.49. The van der Waals surface area contributed by atoms with Crippen molar-refractivity contribution in [3.05, 3.63) is 46.3 Å². The molecule has 0 aliphatic rings. The Hall–Kier alpha value is -2.72. The molecular weight excluding hydrogens is 418 g/mol. The molecule has 10 heteroatoms. The predicted octanol–water partition coefficient (Wildman–Crippen LogP) is 2.82. The fourth-order valence-corrected chi connectivity index (χ4v) is 4.75. The third kappa shape index (κ3) is 5.42. The second-order valence-electron chi connectivity index (χ2n) is 5.82. The van der Waals surface area contributed by atoms with E-state index in [4.69, 9.17) is 9.47 Å². The Morgan fingerprint density at radius 3 is 2.17 bits per heavy atom. The van der Waals surface area contributed by atoms with Gasteiger partial charge in [0.05, 0.1) is 23.7 Å². The normalized spacial score (nSPS) is 11.0. The lowest BCUT2D eigenvalue weighted by molar-refractivity contribution is -0.113. The summed E-state index contributed by atoms with van der Waals surface area (Å²) in [5.41, 5.74) is 0.304. The number of hydrogen-bond acceptors (Lipinski definition) is 8. The minimum absolute atomic E-state index is 0.00496. The van der Waals surface area contributed by atoms with Gasteiger partial charge in [0.25, 0.3) is 0 Å². The Morgan fingerprint density at radius 2 is 1.59 bits per heavy atom. The number of ether oxygens (including phenoxy) is 2. The van der Waals surface area contributed by atoms with Gasteiger partial charge in [-0.15, -0.1) is 11.3 Å². The maximum absolute atomic E-state index is 12.4. The van der Waals surface area contributed by atoms with Gasteiger partial charge in [-0.3, -0.25) is 4.79 Å². The SMILES string of the molecule is CCOC(=O)c1sc(NC(=O)CS(=O)(=O)c2ccccc2)c(C(=O)OCC)c1C. The van der Waals surface area contributed by atoms with Gasteiger partial charge in [-0.05, 0) is 38.5 Å². The maximum atomic E-state index is 12.4. The first-order chi connectivity index (χ1) is 13.7. The van der Waals surface area contributed by atoms with Gasteiger partial charge < -0.3 is 14.8 Å². The van der Waals surface area contributed by atoms with E-state index in [0.29, 0.717) is 5.56 Å². The minimum atomic E-state index is -3.87. The topological polar surface area (TPSA) is 116 Å². The third-order valence-electron chi connectivity index (χ3n) is 3.76. The number of rotatable bonds is 8. The Morgan fingerprint density at radius 1 is 1.00 bits per heavy atom. The molecule has 0 fully saturated rings. The summed E-state index contributed by atoms with van der Waals surface area (Å²) in [7, 11) is -3.87. The van der Waals surface area contributed by atoms with E-state index in [1.807, 2.05) is 0 Å². The molecule has 1 aromatic heterocycles. The molecule has 0 saturated carbocycles. The third-order valence-corrected chi connectivity index (χ3v) is 6.58. The van der Waals surface area contributed by atoms with Crippen LogP contribution in [0.4, 0.5) is 5.00 Å². The minimum Gasteiger partial charge on any atom is -0.462 e. The van der Waals surface area contributed by atoms with Gasteiger partial charge in [0.2, 0.25) is 5.91 Å². The van der Waals surface area contributed by atoms with E-state index in [1.165, 1.54) is 19.1 Å². The molecule has 0 aliphatic heterocycles. The number of nitrogens with one attached hydrogen (secondary N) is 1. The van der Waals surface area contributed by atoms with Gasteiger partial charge in [0.15, 0.2) is 9.84 Å². The first-order valence-corrected chi connectivity index (χ1v) is 11.2. The average molecular weight is 440 g/mol. The maximum Gasteiger partial charge on any atom is 0.348 e. The Bertz CT molecular complexity index is 1010. The molecule has 29 heavy (non-hydrogen) atoms. The van der Waals surface area contributed by atoms with Gasteiger partial charge in [0, 0.05) is 0 Å². The van der Waals surface area contributed by atoms with Crippen LogP contribution in [0.2, 0.25) is 0 Å². The molecule has 1 heterocycles. The van der Waals surface area contributed by atoms with Crippen LogP contribution in [0.1, 0.15) is 39.4 Å². The van der Waals surface area contributed by atoms with Crippen molar-refractivity contribution in [2.45, 2.75) is 25.7 Å². The fraction of sp³-hybridized carbons (Fsp3) is 0.316. The number of benzene rings is 1. The van der Waals surface area contributed by atoms with Crippen LogP contribution in [0, 0.1) is 6.92 Å². The van der Waals surface area contributed by atoms with Crippen molar-refractivity contribution in [3.8, 4) is 0 Å². The molecular formula is C19H21NO7S2. The molecule has 1 N–H and O–H groups in total. The van der Waals surface area contributed by atoms with Crippen LogP contribution < -0.4 is 5.32 Å². The number of sulfone groups is 1. The first-order valence-electron chi connectivity index (χ1n) is 8.76. The number of hydrogen-bond donors (Lipinski definition) is 1. The summed E-state index contributed by atoms with van der Waals surface area (Å²) in [5.74, 6) is -3.02. The predicted molar refractivity (Wildman–Crippen MR) is 108 cm³/mol. The Kier molecular flexibility index (Phi) is 7.52. The highest BCUT2D eigenvalue weighted by atomic mass is 32.2. The highest BCUT2D eigenvalue weighted by Crippen LogP contribution is 2.34. The molecule has 2 rings (SSSR count). The van der Waals surface area contributed by atoms with Crippen molar-refractivity contribution in [2.24, 2.45) is 0 Å². The lowest BCUT2D eigenvalue weighted by atomic mass is 10.1. The lowest BCUT2D eigenvalue weighted by Gasteiger charge is -2.08. The van der Waals surface area contributed by atoms with Crippen molar-refractivity contribution in [1.29, 1.82) is 0 Å². The summed E-state index contributed by atoms with van der Waals surface area (Å²) in [6.45, 7) is 5.03. The van der Waals surface area contributed by atoms with Crippen molar-refractivity contribution >= 4 is 44.0 Å². The summed E-state index contributed by atoms with van der Waals surface area (Å²) in [5, 5.41) is 2.46. The molecule has 0 saturated heterocycles. The number of carbonyl (C=O) groups excluding carboxylic acids is 3. The van der Waals surface area contributed by atoms with E-state index in [9.17, 15) is 22.8 Å². The molecule has 0 bridgehead atoms. The number of carbonyl (C=O) groups is 3. The molecule has 0 aliphatic carbocycles. The van der Waals surface area contributed by atoms with Crippen molar-refractivity contribution < 1.29 is 32.3 Å². The van der Waals surface area contributed by atoms with Crippen LogP contribution in [-0.2, 0) is 24.1 Å². The molecule has 0 radical (unpaired) electrons.